The molecule has 0 radical (unpaired) electrons. The van der Waals surface area contributed by atoms with Gasteiger partial charge in [-0.1, -0.05) is 6.07 Å². The van der Waals surface area contributed by atoms with E-state index in [0.717, 1.165) is 63.8 Å². The second-order valence-corrected chi connectivity index (χ2v) is 8.02. The number of ether oxygens (including phenoxy) is 2. The van der Waals surface area contributed by atoms with Crippen molar-refractivity contribution < 1.29 is 9.47 Å². The van der Waals surface area contributed by atoms with Crippen LogP contribution in [-0.2, 0) is 23.3 Å². The second-order valence-electron chi connectivity index (χ2n) is 8.02. The van der Waals surface area contributed by atoms with Crippen LogP contribution in [0.2, 0.25) is 0 Å². The molecule has 0 atom stereocenters. The molecule has 0 bridgehead atoms. The predicted octanol–water partition coefficient (Wildman–Crippen LogP) is 3.26. The van der Waals surface area contributed by atoms with Gasteiger partial charge in [0.15, 0.2) is 0 Å². The van der Waals surface area contributed by atoms with Crippen molar-refractivity contribution in [1.29, 1.82) is 0 Å². The fourth-order valence-electron chi connectivity index (χ4n) is 4.34. The fourth-order valence-corrected chi connectivity index (χ4v) is 4.34. The van der Waals surface area contributed by atoms with E-state index in [1.165, 1.54) is 29.7 Å². The Kier molecular flexibility index (Phi) is 4.21. The third-order valence-electron chi connectivity index (χ3n) is 6.11. The van der Waals surface area contributed by atoms with Crippen molar-refractivity contribution in [3.63, 3.8) is 0 Å². The number of nitrogens with one attached hydrogen (secondary N) is 1. The summed E-state index contributed by atoms with van der Waals surface area (Å²) in [6.07, 6.45) is 9.43. The van der Waals surface area contributed by atoms with E-state index in [2.05, 4.69) is 33.1 Å². The molecule has 2 aromatic rings. The van der Waals surface area contributed by atoms with Gasteiger partial charge in [0.25, 0.3) is 0 Å². The molecule has 0 amide bonds. The van der Waals surface area contributed by atoms with Crippen LogP contribution >= 0.6 is 0 Å². The molecule has 138 valence electrons. The Bertz CT molecular complexity index is 747. The molecular weight excluding hydrogens is 326 g/mol. The van der Waals surface area contributed by atoms with Crippen LogP contribution < -0.4 is 4.74 Å². The largest absolute Gasteiger partial charge is 0.493 e. The molecule has 1 N–H and O–H groups in total. The number of piperidine rings is 1. The molecule has 26 heavy (non-hydrogen) atoms. The quantitative estimate of drug-likeness (QED) is 0.896. The minimum atomic E-state index is -0.104. The van der Waals surface area contributed by atoms with Crippen LogP contribution in [0.3, 0.4) is 0 Å². The zero-order valence-corrected chi connectivity index (χ0v) is 15.2. The summed E-state index contributed by atoms with van der Waals surface area (Å²) in [6, 6.07) is 6.68. The van der Waals surface area contributed by atoms with Crippen LogP contribution in [-0.4, -0.2) is 41.2 Å². The summed E-state index contributed by atoms with van der Waals surface area (Å²) in [5.41, 5.74) is 3.89. The fraction of sp³-hybridized carbons (Fsp3) is 0.571. The summed E-state index contributed by atoms with van der Waals surface area (Å²) in [6.45, 7) is 4.75. The highest BCUT2D eigenvalue weighted by Gasteiger charge is 2.40. The van der Waals surface area contributed by atoms with E-state index in [-0.39, 0.29) is 5.60 Å². The molecule has 1 aromatic heterocycles. The third kappa shape index (κ3) is 3.26. The molecule has 0 unspecified atom stereocenters. The van der Waals surface area contributed by atoms with Gasteiger partial charge in [0.05, 0.1) is 25.1 Å². The van der Waals surface area contributed by atoms with Gasteiger partial charge in [-0.15, -0.1) is 0 Å². The summed E-state index contributed by atoms with van der Waals surface area (Å²) >= 11 is 0. The van der Waals surface area contributed by atoms with Gasteiger partial charge in [0.2, 0.25) is 0 Å². The number of imidazole rings is 1. The van der Waals surface area contributed by atoms with Gasteiger partial charge in [-0.05, 0) is 61.3 Å². The van der Waals surface area contributed by atoms with Crippen molar-refractivity contribution in [2.24, 2.45) is 5.92 Å². The first-order valence-electron chi connectivity index (χ1n) is 9.91. The Labute approximate surface area is 154 Å². The van der Waals surface area contributed by atoms with E-state index >= 15 is 0 Å². The van der Waals surface area contributed by atoms with E-state index < -0.39 is 0 Å². The lowest BCUT2D eigenvalue weighted by Gasteiger charge is -2.45. The lowest BCUT2D eigenvalue weighted by molar-refractivity contribution is -0.0990. The summed E-state index contributed by atoms with van der Waals surface area (Å²) in [7, 11) is 0. The SMILES string of the molecule is c1ncc(CN2CCC3(CC2)OCCc2cc(OCC4CC4)ccc23)[nH]1. The molecule has 1 spiro atoms. The summed E-state index contributed by atoms with van der Waals surface area (Å²) < 4.78 is 12.4. The predicted molar refractivity (Wildman–Crippen MR) is 99.1 cm³/mol. The first-order valence-corrected chi connectivity index (χ1v) is 9.91. The summed E-state index contributed by atoms with van der Waals surface area (Å²) in [5.74, 6) is 1.82. The smallest absolute Gasteiger partial charge is 0.119 e. The molecule has 3 aliphatic rings. The zero-order valence-electron chi connectivity index (χ0n) is 15.2. The van der Waals surface area contributed by atoms with Gasteiger partial charge in [-0.3, -0.25) is 4.90 Å². The molecule has 5 heteroatoms. The van der Waals surface area contributed by atoms with E-state index in [0.29, 0.717) is 0 Å². The lowest BCUT2D eigenvalue weighted by Crippen LogP contribution is -2.46. The molecule has 1 saturated heterocycles. The van der Waals surface area contributed by atoms with E-state index in [9.17, 15) is 0 Å². The minimum absolute atomic E-state index is 0.104. The van der Waals surface area contributed by atoms with Crippen LogP contribution in [0.4, 0.5) is 0 Å². The molecule has 1 aromatic carbocycles. The topological polar surface area (TPSA) is 50.4 Å². The van der Waals surface area contributed by atoms with Gasteiger partial charge < -0.3 is 14.5 Å². The maximum Gasteiger partial charge on any atom is 0.119 e. The van der Waals surface area contributed by atoms with E-state index in [1.807, 2.05) is 6.20 Å². The highest BCUT2D eigenvalue weighted by molar-refractivity contribution is 5.41. The van der Waals surface area contributed by atoms with Gasteiger partial charge in [-0.2, -0.15) is 0 Å². The zero-order chi connectivity index (χ0) is 17.4. The first kappa shape index (κ1) is 16.3. The van der Waals surface area contributed by atoms with Crippen LogP contribution in [0.25, 0.3) is 0 Å². The molecular formula is C21H27N3O2. The molecule has 5 nitrogen and oxygen atoms in total. The van der Waals surface area contributed by atoms with Gasteiger partial charge >= 0.3 is 0 Å². The number of benzene rings is 1. The number of hydrogen-bond acceptors (Lipinski definition) is 4. The molecule has 2 fully saturated rings. The van der Waals surface area contributed by atoms with Gasteiger partial charge in [0.1, 0.15) is 5.75 Å². The number of nitrogens with zero attached hydrogens (tertiary/aromatic N) is 2. The average molecular weight is 353 g/mol. The van der Waals surface area contributed by atoms with Crippen LogP contribution in [0.15, 0.2) is 30.7 Å². The highest BCUT2D eigenvalue weighted by Crippen LogP contribution is 2.42. The maximum atomic E-state index is 6.38. The Morgan fingerprint density at radius 2 is 2.15 bits per heavy atom. The number of hydrogen-bond donors (Lipinski definition) is 1. The average Bonchev–Trinajstić information content (AvgIpc) is 3.37. The van der Waals surface area contributed by atoms with Crippen molar-refractivity contribution in [3.8, 4) is 5.75 Å². The minimum Gasteiger partial charge on any atom is -0.493 e. The third-order valence-corrected chi connectivity index (χ3v) is 6.11. The van der Waals surface area contributed by atoms with Crippen molar-refractivity contribution in [2.75, 3.05) is 26.3 Å². The van der Waals surface area contributed by atoms with Gasteiger partial charge in [-0.25, -0.2) is 4.98 Å². The second kappa shape index (κ2) is 6.71. The number of aromatic amines is 1. The number of aromatic nitrogens is 2. The highest BCUT2D eigenvalue weighted by atomic mass is 16.5. The Balaban J connectivity index is 1.28. The van der Waals surface area contributed by atoms with Gasteiger partial charge in [0, 0.05) is 31.5 Å². The van der Waals surface area contributed by atoms with Crippen molar-refractivity contribution in [2.45, 2.75) is 44.2 Å². The maximum absolute atomic E-state index is 6.38. The normalized spacial score (nSPS) is 22.3. The van der Waals surface area contributed by atoms with E-state index in [1.54, 1.807) is 6.33 Å². The van der Waals surface area contributed by atoms with Crippen molar-refractivity contribution in [3.05, 3.63) is 47.5 Å². The molecule has 5 rings (SSSR count). The Morgan fingerprint density at radius 1 is 1.27 bits per heavy atom. The summed E-state index contributed by atoms with van der Waals surface area (Å²) in [4.78, 5) is 9.81. The van der Waals surface area contributed by atoms with Crippen molar-refractivity contribution in [1.82, 2.24) is 14.9 Å². The standard InChI is InChI=1S/C21H27N3O2/c1-2-16(1)14-25-19-3-4-20-17(11-19)5-10-26-21(20)6-8-24(9-7-21)13-18-12-22-15-23-18/h3-4,11-12,15-16H,1-2,5-10,13-14H2,(H,22,23). The van der Waals surface area contributed by atoms with E-state index in [4.69, 9.17) is 9.47 Å². The lowest BCUT2D eigenvalue weighted by atomic mass is 9.79. The number of likely N-dealkylation sites (tertiary alicyclic amines) is 1. The number of fused-ring (bicyclic) bond motifs is 2. The number of rotatable bonds is 5. The summed E-state index contributed by atoms with van der Waals surface area (Å²) in [5, 5.41) is 0. The van der Waals surface area contributed by atoms with Crippen LogP contribution in [0.1, 0.15) is 42.5 Å². The molecule has 2 aliphatic heterocycles. The number of H-pyrrole nitrogens is 1. The first-order chi connectivity index (χ1) is 12.8. The van der Waals surface area contributed by atoms with Crippen LogP contribution in [0.5, 0.6) is 5.75 Å². The molecule has 1 saturated carbocycles. The van der Waals surface area contributed by atoms with Crippen molar-refractivity contribution >= 4 is 0 Å². The monoisotopic (exact) mass is 353 g/mol. The Hall–Kier alpha value is -1.85. The Morgan fingerprint density at radius 3 is 2.92 bits per heavy atom. The van der Waals surface area contributed by atoms with Crippen LogP contribution in [0, 0.1) is 5.92 Å². The molecule has 1 aliphatic carbocycles. The molecule has 3 heterocycles.